The van der Waals surface area contributed by atoms with Gasteiger partial charge in [-0.25, -0.2) is 0 Å². The quantitative estimate of drug-likeness (QED) is 0.151. The Kier molecular flexibility index (Phi) is 8.73. The van der Waals surface area contributed by atoms with Gasteiger partial charge in [0.2, 0.25) is 0 Å². The van der Waals surface area contributed by atoms with E-state index in [1.165, 1.54) is 143 Å². The fraction of sp³-hybridized carbons (Fsp3) is 0.0435. The third-order valence-electron chi connectivity index (χ3n) is 15.4. The number of fused-ring (bicyclic) bond motifs is 9. The van der Waals surface area contributed by atoms with E-state index in [4.69, 9.17) is 0 Å². The number of hydrogen-bond acceptors (Lipinski definition) is 0. The monoisotopic (exact) mass is 874 g/mol. The third-order valence-corrected chi connectivity index (χ3v) is 15.4. The molecule has 0 unspecified atom stereocenters. The Morgan fingerprint density at radius 1 is 0.217 bits per heavy atom. The Balaban J connectivity index is 1.02. The Bertz CT molecular complexity index is 4200. The summed E-state index contributed by atoms with van der Waals surface area (Å²) in [6.45, 7) is 4.76. The molecule has 0 amide bonds. The lowest BCUT2D eigenvalue weighted by Gasteiger charge is -2.23. The van der Waals surface area contributed by atoms with Gasteiger partial charge in [0.05, 0.1) is 0 Å². The summed E-state index contributed by atoms with van der Waals surface area (Å²) in [5.74, 6) is 0. The molecule has 0 heterocycles. The molecule has 0 fully saturated rings. The highest BCUT2D eigenvalue weighted by Crippen LogP contribution is 2.52. The molecule has 13 aromatic carbocycles. The van der Waals surface area contributed by atoms with E-state index in [1.54, 1.807) is 0 Å². The molecule has 0 radical (unpaired) electrons. The summed E-state index contributed by atoms with van der Waals surface area (Å²) in [5, 5.41) is 15.0. The van der Waals surface area contributed by atoms with Crippen LogP contribution in [0.3, 0.4) is 0 Å². The van der Waals surface area contributed by atoms with E-state index in [0.717, 1.165) is 0 Å². The van der Waals surface area contributed by atoms with Crippen LogP contribution in [-0.4, -0.2) is 0 Å². The van der Waals surface area contributed by atoms with Crippen molar-refractivity contribution < 1.29 is 0 Å². The summed E-state index contributed by atoms with van der Waals surface area (Å²) >= 11 is 0. The van der Waals surface area contributed by atoms with Gasteiger partial charge in [0.1, 0.15) is 0 Å². The molecule has 1 aliphatic carbocycles. The van der Waals surface area contributed by atoms with Crippen molar-refractivity contribution in [2.45, 2.75) is 19.3 Å². The van der Waals surface area contributed by atoms with Crippen molar-refractivity contribution in [1.29, 1.82) is 0 Å². The maximum Gasteiger partial charge on any atom is 0.0159 e. The lowest BCUT2D eigenvalue weighted by Crippen LogP contribution is -2.14. The number of hydrogen-bond donors (Lipinski definition) is 0. The maximum atomic E-state index is 2.50. The summed E-state index contributed by atoms with van der Waals surface area (Å²) in [6, 6.07) is 91.0. The van der Waals surface area contributed by atoms with Crippen molar-refractivity contribution in [3.8, 4) is 66.8 Å². The van der Waals surface area contributed by atoms with Crippen LogP contribution in [0, 0.1) is 0 Å². The predicted octanol–water partition coefficient (Wildman–Crippen LogP) is 19.2. The van der Waals surface area contributed by atoms with E-state index < -0.39 is 0 Å². The first kappa shape index (κ1) is 39.6. The summed E-state index contributed by atoms with van der Waals surface area (Å²) < 4.78 is 0. The summed E-state index contributed by atoms with van der Waals surface area (Å²) in [5.41, 5.74) is 17.8. The molecule has 14 rings (SSSR count). The highest BCUT2D eigenvalue weighted by atomic mass is 14.4. The van der Waals surface area contributed by atoms with Crippen LogP contribution in [0.1, 0.15) is 25.0 Å². The Morgan fingerprint density at radius 2 is 0.580 bits per heavy atom. The number of benzene rings is 13. The van der Waals surface area contributed by atoms with Gasteiger partial charge in [-0.3, -0.25) is 0 Å². The van der Waals surface area contributed by atoms with Gasteiger partial charge in [-0.15, -0.1) is 0 Å². The third kappa shape index (κ3) is 6.09. The van der Waals surface area contributed by atoms with Crippen molar-refractivity contribution in [1.82, 2.24) is 0 Å². The molecule has 0 atom stereocenters. The topological polar surface area (TPSA) is 0 Å². The van der Waals surface area contributed by atoms with Crippen molar-refractivity contribution in [2.75, 3.05) is 0 Å². The standard InChI is InChI=1S/C69H46/c1-69(2)63-26-14-13-19-53(63)54-37-35-52(42-64(54)69)68-59-24-11-9-22-57(59)67(58-23-10-12-25-60(58)68)51-36-38-61-62(41-51)65(46-31-27-45(28-32-46)49-33-29-43-15-3-5-17-47(43)39-49)55-20-7-8-21-56(55)66(61)50-34-30-44-16-4-6-18-48(44)40-50/h3-42H,1-2H3. The fourth-order valence-electron chi connectivity index (χ4n) is 12.1. The van der Waals surface area contributed by atoms with Gasteiger partial charge < -0.3 is 0 Å². The van der Waals surface area contributed by atoms with Crippen LogP contribution >= 0.6 is 0 Å². The van der Waals surface area contributed by atoms with Crippen LogP contribution in [-0.2, 0) is 5.41 Å². The highest BCUT2D eigenvalue weighted by Gasteiger charge is 2.35. The van der Waals surface area contributed by atoms with Crippen LogP contribution in [0.4, 0.5) is 0 Å². The van der Waals surface area contributed by atoms with Crippen LogP contribution in [0.2, 0.25) is 0 Å². The second kappa shape index (κ2) is 15.2. The molecule has 69 heavy (non-hydrogen) atoms. The lowest BCUT2D eigenvalue weighted by molar-refractivity contribution is 0.660. The molecule has 0 aromatic heterocycles. The summed E-state index contributed by atoms with van der Waals surface area (Å²) in [4.78, 5) is 0. The summed E-state index contributed by atoms with van der Waals surface area (Å²) in [7, 11) is 0. The molecule has 322 valence electrons. The maximum absolute atomic E-state index is 2.50. The molecule has 0 spiro atoms. The van der Waals surface area contributed by atoms with Crippen LogP contribution in [0.5, 0.6) is 0 Å². The molecule has 0 saturated carbocycles. The molecule has 1 aliphatic rings. The van der Waals surface area contributed by atoms with E-state index in [1.807, 2.05) is 0 Å². The molecular formula is C69H46. The first-order valence-corrected chi connectivity index (χ1v) is 24.2. The predicted molar refractivity (Wildman–Crippen MR) is 296 cm³/mol. The van der Waals surface area contributed by atoms with Crippen molar-refractivity contribution in [3.63, 3.8) is 0 Å². The van der Waals surface area contributed by atoms with E-state index >= 15 is 0 Å². The van der Waals surface area contributed by atoms with Gasteiger partial charge in [0.15, 0.2) is 0 Å². The molecule has 0 saturated heterocycles. The average molecular weight is 875 g/mol. The first-order chi connectivity index (χ1) is 34.0. The zero-order valence-corrected chi connectivity index (χ0v) is 38.6. The summed E-state index contributed by atoms with van der Waals surface area (Å²) in [6.07, 6.45) is 0. The highest BCUT2D eigenvalue weighted by molar-refractivity contribution is 6.25. The second-order valence-corrected chi connectivity index (χ2v) is 19.5. The molecular weight excluding hydrogens is 829 g/mol. The fourth-order valence-corrected chi connectivity index (χ4v) is 12.1. The molecule has 0 heteroatoms. The molecule has 0 bridgehead atoms. The van der Waals surface area contributed by atoms with Crippen LogP contribution < -0.4 is 0 Å². The molecule has 0 N–H and O–H groups in total. The Hall–Kier alpha value is -8.58. The SMILES string of the molecule is CC1(C)c2ccccc2-c2ccc(-c3c4ccccc4c(-c4ccc5c(-c6ccc7ccccc7c6)c6ccccc6c(-c6ccc(-c7ccc8ccccc8c7)cc6)c5c4)c4ccccc34)cc21. The van der Waals surface area contributed by atoms with Gasteiger partial charge in [-0.1, -0.05) is 232 Å². The molecule has 13 aromatic rings. The van der Waals surface area contributed by atoms with Crippen molar-refractivity contribution >= 4 is 64.6 Å². The van der Waals surface area contributed by atoms with E-state index in [0.29, 0.717) is 0 Å². The van der Waals surface area contributed by atoms with Gasteiger partial charge in [-0.05, 0) is 167 Å². The first-order valence-electron chi connectivity index (χ1n) is 24.2. The number of rotatable bonds is 5. The second-order valence-electron chi connectivity index (χ2n) is 19.5. The van der Waals surface area contributed by atoms with Crippen LogP contribution in [0.15, 0.2) is 243 Å². The van der Waals surface area contributed by atoms with Gasteiger partial charge >= 0.3 is 0 Å². The minimum atomic E-state index is -0.0943. The van der Waals surface area contributed by atoms with Gasteiger partial charge in [0.25, 0.3) is 0 Å². The Labute approximate surface area is 402 Å². The smallest absolute Gasteiger partial charge is 0.0159 e. The normalized spacial score (nSPS) is 12.9. The van der Waals surface area contributed by atoms with Crippen molar-refractivity contribution in [3.05, 3.63) is 254 Å². The minimum absolute atomic E-state index is 0.0943. The largest absolute Gasteiger partial charge is 0.0619 e. The minimum Gasteiger partial charge on any atom is -0.0619 e. The van der Waals surface area contributed by atoms with Crippen LogP contribution in [0.25, 0.3) is 131 Å². The van der Waals surface area contributed by atoms with E-state index in [9.17, 15) is 0 Å². The van der Waals surface area contributed by atoms with Crippen molar-refractivity contribution in [2.24, 2.45) is 0 Å². The molecule has 0 aliphatic heterocycles. The zero-order valence-electron chi connectivity index (χ0n) is 38.6. The van der Waals surface area contributed by atoms with E-state index in [-0.39, 0.29) is 5.41 Å². The lowest BCUT2D eigenvalue weighted by atomic mass is 9.80. The van der Waals surface area contributed by atoms with E-state index in [2.05, 4.69) is 257 Å². The van der Waals surface area contributed by atoms with Gasteiger partial charge in [-0.2, -0.15) is 0 Å². The zero-order chi connectivity index (χ0) is 45.8. The van der Waals surface area contributed by atoms with Gasteiger partial charge in [0, 0.05) is 5.41 Å². The molecule has 0 nitrogen and oxygen atoms in total. The average Bonchev–Trinajstić information content (AvgIpc) is 3.63. The Morgan fingerprint density at radius 3 is 1.16 bits per heavy atom.